The first kappa shape index (κ1) is 32.5. The van der Waals surface area contributed by atoms with Gasteiger partial charge in [-0.15, -0.1) is 0 Å². The van der Waals surface area contributed by atoms with Crippen LogP contribution in [0.15, 0.2) is 185 Å². The second-order valence-corrected chi connectivity index (χ2v) is 14.9. The van der Waals surface area contributed by atoms with Crippen molar-refractivity contribution in [1.29, 1.82) is 0 Å². The van der Waals surface area contributed by atoms with Crippen molar-refractivity contribution in [2.45, 2.75) is 12.3 Å². The topological polar surface area (TPSA) is 77.8 Å². The second kappa shape index (κ2) is 12.9. The maximum absolute atomic E-state index is 6.51. The van der Waals surface area contributed by atoms with E-state index < -0.39 is 0 Å². The number of aromatic nitrogens is 4. The van der Waals surface area contributed by atoms with Crippen molar-refractivity contribution < 1.29 is 8.83 Å². The third kappa shape index (κ3) is 5.19. The second-order valence-electron chi connectivity index (χ2n) is 14.9. The van der Waals surface area contributed by atoms with Crippen molar-refractivity contribution in [3.8, 4) is 45.3 Å². The zero-order chi connectivity index (χ0) is 38.2. The Bertz CT molecular complexity index is 3500. The predicted octanol–water partition coefficient (Wildman–Crippen LogP) is 13.6. The minimum Gasteiger partial charge on any atom is -0.456 e. The first-order valence-electron chi connectivity index (χ1n) is 19.6. The molecule has 6 heteroatoms. The molecular formula is C52H32N4O2. The fraction of sp³-hybridized carbons (Fsp3) is 0.0385. The van der Waals surface area contributed by atoms with Crippen molar-refractivity contribution in [2.24, 2.45) is 0 Å². The highest BCUT2D eigenvalue weighted by atomic mass is 16.3. The molecule has 0 N–H and O–H groups in total. The smallest absolute Gasteiger partial charge is 0.167 e. The fourth-order valence-electron chi connectivity index (χ4n) is 8.69. The molecule has 4 aromatic heterocycles. The summed E-state index contributed by atoms with van der Waals surface area (Å²) >= 11 is 0. The minimum absolute atomic E-state index is 0.161. The predicted molar refractivity (Wildman–Crippen MR) is 235 cm³/mol. The molecule has 1 aliphatic rings. The number of para-hydroxylation sites is 3. The Morgan fingerprint density at radius 2 is 1.14 bits per heavy atom. The van der Waals surface area contributed by atoms with E-state index in [0.717, 1.165) is 105 Å². The Balaban J connectivity index is 1.12. The van der Waals surface area contributed by atoms with E-state index in [0.29, 0.717) is 17.5 Å². The molecule has 0 aliphatic heterocycles. The zero-order valence-corrected chi connectivity index (χ0v) is 31.1. The van der Waals surface area contributed by atoms with Crippen molar-refractivity contribution in [2.75, 3.05) is 0 Å². The molecule has 0 saturated heterocycles. The number of pyridine rings is 1. The van der Waals surface area contributed by atoms with E-state index in [1.165, 1.54) is 0 Å². The summed E-state index contributed by atoms with van der Waals surface area (Å²) in [6, 6.07) is 52.0. The van der Waals surface area contributed by atoms with Crippen LogP contribution in [0.4, 0.5) is 0 Å². The van der Waals surface area contributed by atoms with Crippen molar-refractivity contribution in [3.05, 3.63) is 182 Å². The molecule has 0 saturated carbocycles. The molecule has 0 amide bonds. The summed E-state index contributed by atoms with van der Waals surface area (Å²) in [5.41, 5.74) is 9.99. The van der Waals surface area contributed by atoms with E-state index in [1.807, 2.05) is 48.5 Å². The normalized spacial score (nSPS) is 14.2. The van der Waals surface area contributed by atoms with Crippen LogP contribution in [-0.2, 0) is 0 Å². The quantitative estimate of drug-likeness (QED) is 0.163. The van der Waals surface area contributed by atoms with Crippen LogP contribution in [0.2, 0.25) is 0 Å². The lowest BCUT2D eigenvalue weighted by Crippen LogP contribution is -2.03. The number of hydrogen-bond acceptors (Lipinski definition) is 6. The summed E-state index contributed by atoms with van der Waals surface area (Å²) in [7, 11) is 0. The van der Waals surface area contributed by atoms with Gasteiger partial charge in [-0.05, 0) is 72.1 Å². The summed E-state index contributed by atoms with van der Waals surface area (Å²) in [5.74, 6) is 1.83. The lowest BCUT2D eigenvalue weighted by molar-refractivity contribution is 0.669. The summed E-state index contributed by atoms with van der Waals surface area (Å²) in [4.78, 5) is 21.0. The number of nitrogens with zero attached hydrogens (tertiary/aromatic N) is 4. The molecule has 272 valence electrons. The highest BCUT2D eigenvalue weighted by molar-refractivity contribution is 6.27. The molecule has 58 heavy (non-hydrogen) atoms. The molecule has 0 spiro atoms. The first-order chi connectivity index (χ1) is 28.7. The van der Waals surface area contributed by atoms with Gasteiger partial charge < -0.3 is 8.83 Å². The van der Waals surface area contributed by atoms with Crippen LogP contribution in [0.1, 0.15) is 18.0 Å². The molecule has 7 aromatic carbocycles. The zero-order valence-electron chi connectivity index (χ0n) is 31.1. The number of rotatable bonds is 5. The van der Waals surface area contributed by atoms with Gasteiger partial charge in [0, 0.05) is 54.7 Å². The number of allylic oxidation sites excluding steroid dienone is 4. The van der Waals surface area contributed by atoms with Crippen molar-refractivity contribution in [1.82, 2.24) is 19.9 Å². The van der Waals surface area contributed by atoms with Gasteiger partial charge in [0.15, 0.2) is 17.5 Å². The first-order valence-corrected chi connectivity index (χ1v) is 19.6. The third-order valence-corrected chi connectivity index (χ3v) is 11.4. The Kier molecular flexibility index (Phi) is 7.25. The van der Waals surface area contributed by atoms with Crippen molar-refractivity contribution >= 4 is 65.6 Å². The van der Waals surface area contributed by atoms with Crippen LogP contribution in [0.25, 0.3) is 111 Å². The Morgan fingerprint density at radius 1 is 0.431 bits per heavy atom. The van der Waals surface area contributed by atoms with Crippen LogP contribution in [-0.4, -0.2) is 19.9 Å². The highest BCUT2D eigenvalue weighted by Crippen LogP contribution is 2.43. The molecule has 1 aliphatic carbocycles. The van der Waals surface area contributed by atoms with E-state index >= 15 is 0 Å². The molecule has 4 heterocycles. The lowest BCUT2D eigenvalue weighted by Gasteiger charge is -2.18. The summed E-state index contributed by atoms with van der Waals surface area (Å²) in [5, 5.41) is 7.47. The van der Waals surface area contributed by atoms with E-state index in [9.17, 15) is 0 Å². The average molecular weight is 745 g/mol. The molecule has 0 bridgehead atoms. The molecule has 1 atom stereocenters. The van der Waals surface area contributed by atoms with Gasteiger partial charge in [-0.25, -0.2) is 15.0 Å². The Hall–Kier alpha value is -7.70. The van der Waals surface area contributed by atoms with Gasteiger partial charge in [0.25, 0.3) is 0 Å². The lowest BCUT2D eigenvalue weighted by atomic mass is 9.90. The number of fused-ring (bicyclic) bond motifs is 10. The van der Waals surface area contributed by atoms with Gasteiger partial charge in [0.1, 0.15) is 22.3 Å². The molecule has 0 radical (unpaired) electrons. The van der Waals surface area contributed by atoms with Gasteiger partial charge in [-0.2, -0.15) is 0 Å². The molecule has 1 unspecified atom stereocenters. The number of hydrogen-bond donors (Lipinski definition) is 0. The third-order valence-electron chi connectivity index (χ3n) is 11.4. The Labute approximate surface area is 332 Å². The van der Waals surface area contributed by atoms with E-state index in [1.54, 1.807) is 0 Å². The average Bonchev–Trinajstić information content (AvgIpc) is 3.88. The largest absolute Gasteiger partial charge is 0.456 e. The summed E-state index contributed by atoms with van der Waals surface area (Å²) in [6.07, 6.45) is 9.60. The summed E-state index contributed by atoms with van der Waals surface area (Å²) in [6.45, 7) is 0. The molecular weight excluding hydrogens is 713 g/mol. The Morgan fingerprint density at radius 3 is 1.98 bits per heavy atom. The maximum Gasteiger partial charge on any atom is 0.167 e. The van der Waals surface area contributed by atoms with Gasteiger partial charge in [0.05, 0.1) is 16.8 Å². The fourth-order valence-corrected chi connectivity index (χ4v) is 8.69. The van der Waals surface area contributed by atoms with Crippen LogP contribution < -0.4 is 0 Å². The van der Waals surface area contributed by atoms with Gasteiger partial charge in [-0.1, -0.05) is 121 Å². The van der Waals surface area contributed by atoms with Gasteiger partial charge >= 0.3 is 0 Å². The number of furan rings is 2. The molecule has 6 nitrogen and oxygen atoms in total. The summed E-state index contributed by atoms with van der Waals surface area (Å²) < 4.78 is 13.0. The SMILES string of the molecule is C1=CCC(c2nc3ccc(-c4nc(-c5cccc(-c6ccccc6)c5)nc(-c5cccc6c5oc5ccccc56)n4)cc3c3c2ccc2oc4ccccc4c23)C=C1. The van der Waals surface area contributed by atoms with Crippen LogP contribution in [0, 0.1) is 0 Å². The van der Waals surface area contributed by atoms with Crippen LogP contribution in [0.5, 0.6) is 0 Å². The van der Waals surface area contributed by atoms with Crippen molar-refractivity contribution in [3.63, 3.8) is 0 Å². The van der Waals surface area contributed by atoms with E-state index in [-0.39, 0.29) is 5.92 Å². The van der Waals surface area contributed by atoms with Crippen LogP contribution >= 0.6 is 0 Å². The highest BCUT2D eigenvalue weighted by Gasteiger charge is 2.22. The maximum atomic E-state index is 6.51. The molecule has 0 fully saturated rings. The monoisotopic (exact) mass is 744 g/mol. The van der Waals surface area contributed by atoms with Crippen LogP contribution in [0.3, 0.4) is 0 Å². The van der Waals surface area contributed by atoms with E-state index in [2.05, 4.69) is 127 Å². The van der Waals surface area contributed by atoms with Gasteiger partial charge in [0.2, 0.25) is 0 Å². The standard InChI is InChI=1S/C52H32N4O2/c1-3-13-31(14-4-1)33-17-11-18-34(29-33)50-54-51(56-52(55-50)40-22-12-21-37-36-19-7-9-23-43(36)58-49(37)40)35-25-27-42-41(30-35)46-39(48(53-42)32-15-5-2-6-16-32)26-28-45-47(46)38-20-8-10-24-44(38)57-45/h1-15,17-30,32H,16H2. The minimum atomic E-state index is 0.161. The number of benzene rings is 7. The molecule has 11 aromatic rings. The van der Waals surface area contributed by atoms with Gasteiger partial charge in [-0.3, -0.25) is 4.98 Å². The van der Waals surface area contributed by atoms with E-state index in [4.69, 9.17) is 28.8 Å². The molecule has 12 rings (SSSR count).